The highest BCUT2D eigenvalue weighted by molar-refractivity contribution is 5.81. The molecule has 1 aliphatic rings. The van der Waals surface area contributed by atoms with Crippen LogP contribution in [0.1, 0.15) is 24.1 Å². The molecule has 1 unspecified atom stereocenters. The van der Waals surface area contributed by atoms with Crippen LogP contribution in [-0.2, 0) is 9.63 Å². The van der Waals surface area contributed by atoms with Gasteiger partial charge in [0.05, 0.1) is 19.4 Å². The Morgan fingerprint density at radius 2 is 1.94 bits per heavy atom. The number of carbonyl (C=O) groups excluding carboxylic acids is 1. The number of nitrogens with one attached hydrogen (secondary N) is 1. The fourth-order valence-corrected chi connectivity index (χ4v) is 2.85. The lowest BCUT2D eigenvalue weighted by Gasteiger charge is -2.21. The fourth-order valence-electron chi connectivity index (χ4n) is 2.85. The van der Waals surface area contributed by atoms with Gasteiger partial charge in [-0.2, -0.15) is 8.78 Å². The maximum Gasteiger partial charge on any atom is 0.387 e. The summed E-state index contributed by atoms with van der Waals surface area (Å²) in [6.45, 7) is -0.426. The lowest BCUT2D eigenvalue weighted by molar-refractivity contribution is -0.126. The molecule has 1 heterocycles. The van der Waals surface area contributed by atoms with Gasteiger partial charge in [0.1, 0.15) is 13.2 Å². The van der Waals surface area contributed by atoms with Crippen LogP contribution in [0.2, 0.25) is 0 Å². The second-order valence-electron chi connectivity index (χ2n) is 6.49. The highest BCUT2D eigenvalue weighted by Crippen LogP contribution is 2.32. The van der Waals surface area contributed by atoms with Crippen LogP contribution in [0.25, 0.3) is 0 Å². The van der Waals surface area contributed by atoms with Gasteiger partial charge in [-0.05, 0) is 42.8 Å². The molecular weight excluding hydrogens is 414 g/mol. The van der Waals surface area contributed by atoms with E-state index in [9.17, 15) is 13.6 Å². The Bertz CT molecular complexity index is 938. The van der Waals surface area contributed by atoms with Gasteiger partial charge in [0.15, 0.2) is 29.6 Å². The van der Waals surface area contributed by atoms with E-state index in [4.69, 9.17) is 19.0 Å². The minimum atomic E-state index is -2.96. The van der Waals surface area contributed by atoms with Crippen molar-refractivity contribution in [3.63, 3.8) is 0 Å². The van der Waals surface area contributed by atoms with Gasteiger partial charge < -0.3 is 29.1 Å². The second kappa shape index (κ2) is 10.5. The molecule has 0 spiro atoms. The number of fused-ring (bicyclic) bond motifs is 1. The minimum Gasteiger partial charge on any atom is -0.493 e. The summed E-state index contributed by atoms with van der Waals surface area (Å²) in [4.78, 5) is 17.1. The number of halogens is 2. The zero-order valence-electron chi connectivity index (χ0n) is 17.0. The number of hydrogen-bond donors (Lipinski definition) is 1. The monoisotopic (exact) mass is 436 g/mol. The summed E-state index contributed by atoms with van der Waals surface area (Å²) in [5.41, 5.74) is 1.38. The van der Waals surface area contributed by atoms with Gasteiger partial charge in [-0.25, -0.2) is 0 Å². The predicted octanol–water partition coefficient (Wildman–Crippen LogP) is 3.30. The number of oxime groups is 1. The number of amides is 1. The van der Waals surface area contributed by atoms with Crippen molar-refractivity contribution < 1.29 is 37.4 Å². The van der Waals surface area contributed by atoms with Crippen LogP contribution in [0, 0.1) is 0 Å². The standard InChI is InChI=1S/C21H22F2N2O6/c1-13(15-4-6-16-19(10-15)29-8-7-28-16)25-20(26)12-30-24-11-14-3-5-17(31-21(22)23)18(9-14)27-2/h3-6,9-11,13,21H,7-8,12H2,1-2H3,(H,25,26)/b24-11+. The first-order chi connectivity index (χ1) is 15.0. The lowest BCUT2D eigenvalue weighted by atomic mass is 10.1. The van der Waals surface area contributed by atoms with E-state index in [-0.39, 0.29) is 30.1 Å². The highest BCUT2D eigenvalue weighted by atomic mass is 19.3. The molecule has 2 aromatic rings. The zero-order valence-corrected chi connectivity index (χ0v) is 17.0. The molecule has 2 aromatic carbocycles. The molecule has 0 bridgehead atoms. The van der Waals surface area contributed by atoms with Crippen molar-refractivity contribution in [3.8, 4) is 23.0 Å². The van der Waals surface area contributed by atoms with E-state index in [1.807, 2.05) is 19.1 Å². The third kappa shape index (κ3) is 6.21. The molecule has 1 atom stereocenters. The molecule has 31 heavy (non-hydrogen) atoms. The minimum absolute atomic E-state index is 0.0944. The first-order valence-electron chi connectivity index (χ1n) is 9.43. The first-order valence-corrected chi connectivity index (χ1v) is 9.43. The van der Waals surface area contributed by atoms with Crippen LogP contribution in [0.15, 0.2) is 41.6 Å². The van der Waals surface area contributed by atoms with Crippen molar-refractivity contribution in [3.05, 3.63) is 47.5 Å². The summed E-state index contributed by atoms with van der Waals surface area (Å²) in [6.07, 6.45) is 1.33. The Hall–Kier alpha value is -3.56. The fraction of sp³-hybridized carbons (Fsp3) is 0.333. The Morgan fingerprint density at radius 1 is 1.16 bits per heavy atom. The van der Waals surface area contributed by atoms with Crippen molar-refractivity contribution in [1.82, 2.24) is 5.32 Å². The number of nitrogens with zero attached hydrogens (tertiary/aromatic N) is 1. The van der Waals surface area contributed by atoms with Gasteiger partial charge in [0, 0.05) is 5.56 Å². The Labute approximate surface area is 177 Å². The molecule has 0 saturated heterocycles. The van der Waals surface area contributed by atoms with Crippen molar-refractivity contribution in [2.45, 2.75) is 19.6 Å². The van der Waals surface area contributed by atoms with Crippen LogP contribution >= 0.6 is 0 Å². The van der Waals surface area contributed by atoms with Crippen molar-refractivity contribution >= 4 is 12.1 Å². The summed E-state index contributed by atoms with van der Waals surface area (Å²) in [7, 11) is 1.33. The number of hydrogen-bond acceptors (Lipinski definition) is 7. The van der Waals surface area contributed by atoms with E-state index < -0.39 is 6.61 Å². The van der Waals surface area contributed by atoms with Crippen LogP contribution in [0.4, 0.5) is 8.78 Å². The maximum absolute atomic E-state index is 12.4. The molecule has 8 nitrogen and oxygen atoms in total. The number of rotatable bonds is 9. The van der Waals surface area contributed by atoms with E-state index in [0.717, 1.165) is 5.56 Å². The number of methoxy groups -OCH3 is 1. The van der Waals surface area contributed by atoms with Crippen LogP contribution < -0.4 is 24.3 Å². The Balaban J connectivity index is 1.49. The molecule has 0 aliphatic carbocycles. The Kier molecular flexibility index (Phi) is 7.47. The Morgan fingerprint density at radius 3 is 2.68 bits per heavy atom. The number of carbonyl (C=O) groups is 1. The highest BCUT2D eigenvalue weighted by Gasteiger charge is 2.16. The van der Waals surface area contributed by atoms with E-state index in [0.29, 0.717) is 30.3 Å². The van der Waals surface area contributed by atoms with Crippen LogP contribution in [0.3, 0.4) is 0 Å². The molecule has 3 rings (SSSR count). The normalized spacial score (nSPS) is 13.7. The molecular formula is C21H22F2N2O6. The van der Waals surface area contributed by atoms with Gasteiger partial charge in [-0.1, -0.05) is 11.2 Å². The van der Waals surface area contributed by atoms with Gasteiger partial charge in [-0.3, -0.25) is 4.79 Å². The van der Waals surface area contributed by atoms with E-state index in [1.165, 1.54) is 31.5 Å². The average molecular weight is 436 g/mol. The summed E-state index contributed by atoms with van der Waals surface area (Å²) < 4.78 is 45.1. The van der Waals surface area contributed by atoms with Crippen LogP contribution in [-0.4, -0.2) is 45.7 Å². The van der Waals surface area contributed by atoms with E-state index in [1.54, 1.807) is 6.07 Å². The SMILES string of the molecule is COc1cc(/C=N/OCC(=O)NC(C)c2ccc3c(c2)OCCO3)ccc1OC(F)F. The molecule has 0 aromatic heterocycles. The zero-order chi connectivity index (χ0) is 22.2. The molecule has 1 N–H and O–H groups in total. The molecule has 1 amide bonds. The first kappa shape index (κ1) is 22.1. The quantitative estimate of drug-likeness (QED) is 0.480. The van der Waals surface area contributed by atoms with Gasteiger partial charge in [-0.15, -0.1) is 0 Å². The molecule has 0 radical (unpaired) electrons. The molecule has 10 heteroatoms. The maximum atomic E-state index is 12.4. The summed E-state index contributed by atoms with van der Waals surface area (Å²) >= 11 is 0. The number of alkyl halides is 2. The third-order valence-electron chi connectivity index (χ3n) is 4.32. The topological polar surface area (TPSA) is 87.6 Å². The predicted molar refractivity (Wildman–Crippen MR) is 107 cm³/mol. The van der Waals surface area contributed by atoms with Gasteiger partial charge >= 0.3 is 6.61 Å². The van der Waals surface area contributed by atoms with Crippen molar-refractivity contribution in [2.24, 2.45) is 5.16 Å². The van der Waals surface area contributed by atoms with E-state index >= 15 is 0 Å². The summed E-state index contributed by atoms with van der Waals surface area (Å²) in [6, 6.07) is 9.49. The summed E-state index contributed by atoms with van der Waals surface area (Å²) in [5.74, 6) is 0.985. The second-order valence-corrected chi connectivity index (χ2v) is 6.49. The smallest absolute Gasteiger partial charge is 0.387 e. The summed E-state index contributed by atoms with van der Waals surface area (Å²) in [5, 5.41) is 6.52. The molecule has 0 saturated carbocycles. The van der Waals surface area contributed by atoms with Gasteiger partial charge in [0.25, 0.3) is 5.91 Å². The van der Waals surface area contributed by atoms with Crippen LogP contribution in [0.5, 0.6) is 23.0 Å². The number of benzene rings is 2. The third-order valence-corrected chi connectivity index (χ3v) is 4.32. The number of ether oxygens (including phenoxy) is 4. The van der Waals surface area contributed by atoms with Crippen molar-refractivity contribution in [1.29, 1.82) is 0 Å². The molecule has 0 fully saturated rings. The van der Waals surface area contributed by atoms with E-state index in [2.05, 4.69) is 15.2 Å². The average Bonchev–Trinajstić information content (AvgIpc) is 2.76. The van der Waals surface area contributed by atoms with Gasteiger partial charge in [0.2, 0.25) is 0 Å². The molecule has 166 valence electrons. The lowest BCUT2D eigenvalue weighted by Crippen LogP contribution is -2.29. The van der Waals surface area contributed by atoms with Crippen molar-refractivity contribution in [2.75, 3.05) is 26.9 Å². The largest absolute Gasteiger partial charge is 0.493 e. The molecule has 1 aliphatic heterocycles.